The van der Waals surface area contributed by atoms with Gasteiger partial charge in [0, 0.05) is 0 Å². The predicted molar refractivity (Wildman–Crippen MR) is 127 cm³/mol. The highest BCUT2D eigenvalue weighted by atomic mass is 15.0. The fourth-order valence-corrected chi connectivity index (χ4v) is 12.8. The zero-order chi connectivity index (χ0) is 21.3. The molecule has 0 heterocycles. The van der Waals surface area contributed by atoms with Gasteiger partial charge in [0.25, 0.3) is 0 Å². The number of rotatable bonds is 8. The van der Waals surface area contributed by atoms with E-state index in [-0.39, 0.29) is 0 Å². The first kappa shape index (κ1) is 20.6. The van der Waals surface area contributed by atoms with Gasteiger partial charge in [0.2, 0.25) is 0 Å². The van der Waals surface area contributed by atoms with E-state index >= 15 is 0 Å². The zero-order valence-corrected chi connectivity index (χ0v) is 21.3. The molecule has 6 aliphatic rings. The largest absolute Gasteiger partial charge is 0.0654 e. The molecule has 6 fully saturated rings. The van der Waals surface area contributed by atoms with Crippen LogP contribution in [0.1, 0.15) is 113 Å². The fourth-order valence-electron chi connectivity index (χ4n) is 12.8. The molecule has 30 heavy (non-hydrogen) atoms. The lowest BCUT2D eigenvalue weighted by molar-refractivity contribution is -0.170. The third-order valence-corrected chi connectivity index (χ3v) is 13.4. The first-order valence-corrected chi connectivity index (χ1v) is 14.2. The third-order valence-electron chi connectivity index (χ3n) is 13.4. The van der Waals surface area contributed by atoms with Gasteiger partial charge >= 0.3 is 0 Å². The summed E-state index contributed by atoms with van der Waals surface area (Å²) in [6, 6.07) is 0. The summed E-state index contributed by atoms with van der Waals surface area (Å²) >= 11 is 0. The van der Waals surface area contributed by atoms with Crippen LogP contribution in [0.2, 0.25) is 0 Å². The van der Waals surface area contributed by atoms with Crippen molar-refractivity contribution in [2.45, 2.75) is 113 Å². The summed E-state index contributed by atoms with van der Waals surface area (Å²) in [6.07, 6.45) is 15.1. The summed E-state index contributed by atoms with van der Waals surface area (Å²) in [5, 5.41) is 0. The number of hydrogen-bond donors (Lipinski definition) is 0. The van der Waals surface area contributed by atoms with Crippen molar-refractivity contribution in [3.05, 3.63) is 0 Å². The highest BCUT2D eigenvalue weighted by Crippen LogP contribution is 3.04. The molecule has 11 unspecified atom stereocenters. The van der Waals surface area contributed by atoms with E-state index in [1.165, 1.54) is 38.5 Å². The summed E-state index contributed by atoms with van der Waals surface area (Å²) in [6.45, 7) is 18.0. The molecule has 0 aromatic rings. The molecule has 6 rings (SSSR count). The molecule has 0 N–H and O–H groups in total. The quantitative estimate of drug-likeness (QED) is 0.376. The average molecular weight is 411 g/mol. The molecule has 0 heteroatoms. The van der Waals surface area contributed by atoms with Crippen molar-refractivity contribution < 1.29 is 0 Å². The standard InChI is InChI=1S/C30H50/c1-8-10-18(3)15-27(6)16-21(17-27)11-12-28(7)23-14-24-29(20(5)30(23,24)28)25-19(4)13-22(9-2)26(25)29/h18-26H,8-17H2,1-7H3. The van der Waals surface area contributed by atoms with Crippen LogP contribution in [-0.2, 0) is 0 Å². The molecular weight excluding hydrogens is 360 g/mol. The lowest BCUT2D eigenvalue weighted by Gasteiger charge is -2.64. The van der Waals surface area contributed by atoms with E-state index in [1.807, 2.05) is 0 Å². The Morgan fingerprint density at radius 3 is 2.33 bits per heavy atom. The van der Waals surface area contributed by atoms with Crippen LogP contribution in [0.3, 0.4) is 0 Å². The van der Waals surface area contributed by atoms with Gasteiger partial charge in [0.05, 0.1) is 0 Å². The van der Waals surface area contributed by atoms with E-state index < -0.39 is 0 Å². The molecular formula is C30H50. The Hall–Kier alpha value is 0. The van der Waals surface area contributed by atoms with Crippen molar-refractivity contribution >= 4 is 0 Å². The summed E-state index contributed by atoms with van der Waals surface area (Å²) in [7, 11) is 0. The normalized spacial score (nSPS) is 62.5. The maximum Gasteiger partial charge on any atom is -0.0142 e. The van der Waals surface area contributed by atoms with Crippen LogP contribution in [0.5, 0.6) is 0 Å². The minimum absolute atomic E-state index is 0.689. The van der Waals surface area contributed by atoms with Crippen LogP contribution >= 0.6 is 0 Å². The summed E-state index contributed by atoms with van der Waals surface area (Å²) < 4.78 is 0. The van der Waals surface area contributed by atoms with Crippen LogP contribution < -0.4 is 0 Å². The van der Waals surface area contributed by atoms with Crippen LogP contribution in [-0.4, -0.2) is 0 Å². The van der Waals surface area contributed by atoms with Crippen molar-refractivity contribution in [2.24, 2.45) is 74.9 Å². The van der Waals surface area contributed by atoms with Gasteiger partial charge in [-0.1, -0.05) is 67.7 Å². The second-order valence-corrected chi connectivity index (χ2v) is 14.6. The Labute approximate surface area is 187 Å². The van der Waals surface area contributed by atoms with Gasteiger partial charge in [-0.25, -0.2) is 0 Å². The molecule has 0 aliphatic heterocycles. The Kier molecular flexibility index (Phi) is 4.19. The van der Waals surface area contributed by atoms with Gasteiger partial charge in [-0.05, 0) is 120 Å². The van der Waals surface area contributed by atoms with Crippen LogP contribution in [0.15, 0.2) is 0 Å². The van der Waals surface area contributed by atoms with E-state index in [9.17, 15) is 0 Å². The second-order valence-electron chi connectivity index (χ2n) is 14.6. The SMILES string of the molecule is CCCC(C)CC1(C)CC(CCC2(C)C3CC4C5(C6C(C)CC(CC)C65)C(C)C432)C1. The first-order valence-electron chi connectivity index (χ1n) is 14.2. The predicted octanol–water partition coefficient (Wildman–Crippen LogP) is 8.60. The average Bonchev–Trinajstić information content (AvgIpc) is 3.38. The minimum atomic E-state index is 0.689. The third kappa shape index (κ3) is 2.08. The monoisotopic (exact) mass is 410 g/mol. The highest BCUT2D eigenvalue weighted by molar-refractivity contribution is 5.47. The van der Waals surface area contributed by atoms with E-state index in [4.69, 9.17) is 0 Å². The van der Waals surface area contributed by atoms with E-state index in [0.717, 1.165) is 69.5 Å². The molecule has 0 nitrogen and oxygen atoms in total. The molecule has 6 saturated carbocycles. The van der Waals surface area contributed by atoms with Gasteiger partial charge in [0.1, 0.15) is 0 Å². The fraction of sp³-hybridized carbons (Fsp3) is 1.00. The Balaban J connectivity index is 1.06. The van der Waals surface area contributed by atoms with Crippen molar-refractivity contribution in [3.8, 4) is 0 Å². The highest BCUT2D eigenvalue weighted by Gasteiger charge is 3.00. The van der Waals surface area contributed by atoms with Crippen LogP contribution in [0, 0.1) is 74.9 Å². The molecule has 0 aromatic carbocycles. The molecule has 11 atom stereocenters. The van der Waals surface area contributed by atoms with Gasteiger partial charge in [-0.3, -0.25) is 0 Å². The molecule has 2 spiro atoms. The Morgan fingerprint density at radius 1 is 0.967 bits per heavy atom. The maximum atomic E-state index is 2.75. The second kappa shape index (κ2) is 6.11. The molecule has 0 aromatic heterocycles. The van der Waals surface area contributed by atoms with Crippen molar-refractivity contribution in [3.63, 3.8) is 0 Å². The molecule has 0 bridgehead atoms. The Bertz CT molecular complexity index is 706. The van der Waals surface area contributed by atoms with Gasteiger partial charge in [-0.15, -0.1) is 0 Å². The van der Waals surface area contributed by atoms with E-state index in [0.29, 0.717) is 5.41 Å². The molecule has 170 valence electrons. The summed E-state index contributed by atoms with van der Waals surface area (Å²) in [5.41, 5.74) is 3.11. The molecule has 0 amide bonds. The summed E-state index contributed by atoms with van der Waals surface area (Å²) in [5.74, 6) is 9.74. The lowest BCUT2D eigenvalue weighted by Crippen LogP contribution is -2.60. The van der Waals surface area contributed by atoms with Crippen molar-refractivity contribution in [1.29, 1.82) is 0 Å². The van der Waals surface area contributed by atoms with Gasteiger partial charge < -0.3 is 0 Å². The van der Waals surface area contributed by atoms with Gasteiger partial charge in [-0.2, -0.15) is 0 Å². The maximum absolute atomic E-state index is 2.75. The summed E-state index contributed by atoms with van der Waals surface area (Å²) in [4.78, 5) is 0. The number of fused-ring (bicyclic) bond motifs is 4. The van der Waals surface area contributed by atoms with Gasteiger partial charge in [0.15, 0.2) is 0 Å². The van der Waals surface area contributed by atoms with Crippen molar-refractivity contribution in [1.82, 2.24) is 0 Å². The molecule has 6 aliphatic carbocycles. The minimum Gasteiger partial charge on any atom is -0.0654 e. The smallest absolute Gasteiger partial charge is 0.0142 e. The topological polar surface area (TPSA) is 0 Å². The zero-order valence-electron chi connectivity index (χ0n) is 21.3. The van der Waals surface area contributed by atoms with E-state index in [1.54, 1.807) is 25.7 Å². The lowest BCUT2D eigenvalue weighted by atomic mass is 9.40. The van der Waals surface area contributed by atoms with E-state index in [2.05, 4.69) is 48.5 Å². The van der Waals surface area contributed by atoms with Crippen LogP contribution in [0.4, 0.5) is 0 Å². The first-order chi connectivity index (χ1) is 14.2. The molecule has 0 radical (unpaired) electrons. The van der Waals surface area contributed by atoms with Crippen LogP contribution in [0.25, 0.3) is 0 Å². The Morgan fingerprint density at radius 2 is 1.70 bits per heavy atom. The number of hydrogen-bond acceptors (Lipinski definition) is 0. The van der Waals surface area contributed by atoms with Crippen molar-refractivity contribution in [2.75, 3.05) is 0 Å². The molecule has 0 saturated heterocycles.